The van der Waals surface area contributed by atoms with Gasteiger partial charge in [0.05, 0.1) is 17.8 Å². The average molecular weight is 336 g/mol. The highest BCUT2D eigenvalue weighted by Crippen LogP contribution is 2.28. The fourth-order valence-electron chi connectivity index (χ4n) is 2.34. The standard InChI is InChI=1S/C16H11Cl2NO3/c17-10-7-11(18)9-12(8-10)22-6-5-19-14-4-2-1-3-13(14)15(20)16(19)21/h1-4,7-9H,5-6H2. The van der Waals surface area contributed by atoms with Crippen molar-refractivity contribution in [2.24, 2.45) is 0 Å². The van der Waals surface area contributed by atoms with Crippen molar-refractivity contribution < 1.29 is 14.3 Å². The molecular formula is C16H11Cl2NO3. The molecule has 22 heavy (non-hydrogen) atoms. The number of rotatable bonds is 4. The second-order valence-electron chi connectivity index (χ2n) is 4.76. The van der Waals surface area contributed by atoms with Gasteiger partial charge in [0, 0.05) is 10.0 Å². The predicted octanol–water partition coefficient (Wildman–Crippen LogP) is 3.60. The molecule has 0 N–H and O–H groups in total. The number of para-hydroxylation sites is 1. The molecular weight excluding hydrogens is 325 g/mol. The number of carbonyl (C=O) groups is 2. The van der Waals surface area contributed by atoms with E-state index in [0.717, 1.165) is 0 Å². The molecule has 0 bridgehead atoms. The number of hydrogen-bond donors (Lipinski definition) is 0. The van der Waals surface area contributed by atoms with Crippen LogP contribution in [0.4, 0.5) is 5.69 Å². The van der Waals surface area contributed by atoms with Gasteiger partial charge in [0.15, 0.2) is 0 Å². The second-order valence-corrected chi connectivity index (χ2v) is 5.63. The molecule has 2 aromatic rings. The van der Waals surface area contributed by atoms with E-state index in [2.05, 4.69) is 0 Å². The molecule has 0 radical (unpaired) electrons. The molecule has 0 saturated heterocycles. The first-order valence-corrected chi connectivity index (χ1v) is 7.36. The van der Waals surface area contributed by atoms with Crippen LogP contribution in [-0.4, -0.2) is 24.8 Å². The molecule has 0 saturated carbocycles. The summed E-state index contributed by atoms with van der Waals surface area (Å²) in [7, 11) is 0. The van der Waals surface area contributed by atoms with Crippen LogP contribution in [-0.2, 0) is 4.79 Å². The quantitative estimate of drug-likeness (QED) is 0.802. The zero-order valence-electron chi connectivity index (χ0n) is 11.4. The summed E-state index contributed by atoms with van der Waals surface area (Å²) in [5.41, 5.74) is 1.04. The van der Waals surface area contributed by atoms with Gasteiger partial charge in [-0.1, -0.05) is 35.3 Å². The highest BCUT2D eigenvalue weighted by Gasteiger charge is 2.35. The Morgan fingerprint density at radius 2 is 1.68 bits per heavy atom. The number of anilines is 1. The molecule has 0 fully saturated rings. The normalized spacial score (nSPS) is 13.5. The largest absolute Gasteiger partial charge is 0.492 e. The number of fused-ring (bicyclic) bond motifs is 1. The lowest BCUT2D eigenvalue weighted by molar-refractivity contribution is -0.114. The highest BCUT2D eigenvalue weighted by atomic mass is 35.5. The van der Waals surface area contributed by atoms with Crippen LogP contribution in [0.15, 0.2) is 42.5 Å². The van der Waals surface area contributed by atoms with Crippen molar-refractivity contribution in [3.05, 3.63) is 58.1 Å². The summed E-state index contributed by atoms with van der Waals surface area (Å²) >= 11 is 11.8. The van der Waals surface area contributed by atoms with Gasteiger partial charge in [0.2, 0.25) is 0 Å². The van der Waals surface area contributed by atoms with E-state index in [-0.39, 0.29) is 13.2 Å². The third-order valence-electron chi connectivity index (χ3n) is 3.30. The molecule has 1 aliphatic rings. The van der Waals surface area contributed by atoms with E-state index in [0.29, 0.717) is 27.0 Å². The summed E-state index contributed by atoms with van der Waals surface area (Å²) in [5.74, 6) is -0.501. The Labute approximate surface area is 137 Å². The molecule has 0 aromatic heterocycles. The Morgan fingerprint density at radius 3 is 2.41 bits per heavy atom. The number of hydrogen-bond acceptors (Lipinski definition) is 3. The van der Waals surface area contributed by atoms with Crippen molar-refractivity contribution in [2.45, 2.75) is 0 Å². The van der Waals surface area contributed by atoms with Gasteiger partial charge in [-0.25, -0.2) is 0 Å². The topological polar surface area (TPSA) is 46.6 Å². The van der Waals surface area contributed by atoms with E-state index in [1.807, 2.05) is 0 Å². The van der Waals surface area contributed by atoms with Gasteiger partial charge < -0.3 is 9.64 Å². The van der Waals surface area contributed by atoms with Gasteiger partial charge in [0.1, 0.15) is 12.4 Å². The summed E-state index contributed by atoms with van der Waals surface area (Å²) in [6.07, 6.45) is 0. The molecule has 1 heterocycles. The predicted molar refractivity (Wildman–Crippen MR) is 85.1 cm³/mol. The van der Waals surface area contributed by atoms with E-state index in [1.54, 1.807) is 42.5 Å². The third kappa shape index (κ3) is 2.80. The molecule has 0 atom stereocenters. The average Bonchev–Trinajstić information content (AvgIpc) is 2.72. The van der Waals surface area contributed by atoms with Crippen LogP contribution in [0.1, 0.15) is 10.4 Å². The minimum Gasteiger partial charge on any atom is -0.492 e. The van der Waals surface area contributed by atoms with Crippen LogP contribution >= 0.6 is 23.2 Å². The lowest BCUT2D eigenvalue weighted by Gasteiger charge is -2.16. The highest BCUT2D eigenvalue weighted by molar-refractivity contribution is 6.52. The van der Waals surface area contributed by atoms with Crippen molar-refractivity contribution in [1.29, 1.82) is 0 Å². The van der Waals surface area contributed by atoms with Crippen LogP contribution in [0.5, 0.6) is 5.75 Å². The number of benzene rings is 2. The van der Waals surface area contributed by atoms with Crippen molar-refractivity contribution in [2.75, 3.05) is 18.1 Å². The minimum absolute atomic E-state index is 0.226. The fourth-order valence-corrected chi connectivity index (χ4v) is 2.84. The Bertz CT molecular complexity index is 741. The first-order chi connectivity index (χ1) is 10.6. The Hall–Kier alpha value is -2.04. The number of nitrogens with zero attached hydrogens (tertiary/aromatic N) is 1. The molecule has 0 aliphatic carbocycles. The van der Waals surface area contributed by atoms with Crippen molar-refractivity contribution >= 4 is 40.6 Å². The van der Waals surface area contributed by atoms with Crippen LogP contribution in [0.3, 0.4) is 0 Å². The summed E-state index contributed by atoms with van der Waals surface area (Å²) in [6, 6.07) is 11.8. The zero-order chi connectivity index (χ0) is 15.7. The SMILES string of the molecule is O=C1C(=O)N(CCOc2cc(Cl)cc(Cl)c2)c2ccccc21. The Kier molecular flexibility index (Phi) is 4.05. The van der Waals surface area contributed by atoms with E-state index in [4.69, 9.17) is 27.9 Å². The van der Waals surface area contributed by atoms with Crippen molar-refractivity contribution in [3.63, 3.8) is 0 Å². The van der Waals surface area contributed by atoms with Gasteiger partial charge in [-0.3, -0.25) is 9.59 Å². The number of carbonyl (C=O) groups excluding carboxylic acids is 2. The third-order valence-corrected chi connectivity index (χ3v) is 3.73. The first-order valence-electron chi connectivity index (χ1n) is 6.60. The van der Waals surface area contributed by atoms with E-state index < -0.39 is 11.7 Å². The summed E-state index contributed by atoms with van der Waals surface area (Å²) in [4.78, 5) is 25.3. The van der Waals surface area contributed by atoms with Gasteiger partial charge >= 0.3 is 0 Å². The van der Waals surface area contributed by atoms with E-state index in [1.165, 1.54) is 4.90 Å². The molecule has 0 spiro atoms. The van der Waals surface area contributed by atoms with Gasteiger partial charge in [-0.05, 0) is 30.3 Å². The minimum atomic E-state index is -0.533. The second kappa shape index (κ2) is 5.99. The first kappa shape index (κ1) is 14.9. The lowest BCUT2D eigenvalue weighted by atomic mass is 10.1. The van der Waals surface area contributed by atoms with Crippen molar-refractivity contribution in [1.82, 2.24) is 0 Å². The molecule has 2 aromatic carbocycles. The van der Waals surface area contributed by atoms with E-state index >= 15 is 0 Å². The maximum absolute atomic E-state index is 12.0. The molecule has 112 valence electrons. The molecule has 3 rings (SSSR count). The number of Topliss-reactive ketones (excluding diaryl/α,β-unsaturated/α-hetero) is 1. The number of halogens is 2. The molecule has 0 unspecified atom stereocenters. The summed E-state index contributed by atoms with van der Waals surface area (Å²) < 4.78 is 5.55. The van der Waals surface area contributed by atoms with Crippen LogP contribution < -0.4 is 9.64 Å². The number of amides is 1. The van der Waals surface area contributed by atoms with E-state index in [9.17, 15) is 9.59 Å². The Balaban J connectivity index is 1.69. The van der Waals surface area contributed by atoms with Crippen LogP contribution in [0.2, 0.25) is 10.0 Å². The summed E-state index contributed by atoms with van der Waals surface area (Å²) in [6.45, 7) is 0.496. The number of ketones is 1. The molecule has 1 amide bonds. The van der Waals surface area contributed by atoms with Gasteiger partial charge in [-0.15, -0.1) is 0 Å². The lowest BCUT2D eigenvalue weighted by Crippen LogP contribution is -2.33. The van der Waals surface area contributed by atoms with Gasteiger partial charge in [-0.2, -0.15) is 0 Å². The van der Waals surface area contributed by atoms with Crippen LogP contribution in [0.25, 0.3) is 0 Å². The molecule has 6 heteroatoms. The summed E-state index contributed by atoms with van der Waals surface area (Å²) in [5, 5.41) is 0.945. The smallest absolute Gasteiger partial charge is 0.299 e. The molecule has 4 nitrogen and oxygen atoms in total. The fraction of sp³-hybridized carbons (Fsp3) is 0.125. The number of ether oxygens (including phenoxy) is 1. The Morgan fingerprint density at radius 1 is 1.00 bits per heavy atom. The monoisotopic (exact) mass is 335 g/mol. The van der Waals surface area contributed by atoms with Gasteiger partial charge in [0.25, 0.3) is 11.7 Å². The maximum Gasteiger partial charge on any atom is 0.299 e. The van der Waals surface area contributed by atoms with Crippen LogP contribution in [0, 0.1) is 0 Å². The zero-order valence-corrected chi connectivity index (χ0v) is 12.9. The maximum atomic E-state index is 12.0. The molecule has 1 aliphatic heterocycles. The van der Waals surface area contributed by atoms with Crippen molar-refractivity contribution in [3.8, 4) is 5.75 Å².